The molecule has 0 aliphatic carbocycles. The summed E-state index contributed by atoms with van der Waals surface area (Å²) in [6, 6.07) is 10.5. The highest BCUT2D eigenvalue weighted by molar-refractivity contribution is 6.31. The quantitative estimate of drug-likeness (QED) is 0.796. The number of carbonyl (C=O) groups excluding carboxylic acids is 2. The average Bonchev–Trinajstić information content (AvgIpc) is 2.63. The van der Waals surface area contributed by atoms with Crippen molar-refractivity contribution in [1.82, 2.24) is 0 Å². The van der Waals surface area contributed by atoms with Crippen LogP contribution in [0.15, 0.2) is 36.4 Å². The first kappa shape index (κ1) is 18.5. The normalized spacial score (nSPS) is 15.6. The molecule has 1 aliphatic rings. The zero-order chi connectivity index (χ0) is 18.7. The van der Waals surface area contributed by atoms with Crippen molar-refractivity contribution >= 4 is 40.8 Å². The van der Waals surface area contributed by atoms with E-state index in [-0.39, 0.29) is 13.2 Å². The third-order valence-electron chi connectivity index (χ3n) is 4.15. The molecule has 1 atom stereocenters. The van der Waals surface area contributed by atoms with Gasteiger partial charge in [0.1, 0.15) is 12.4 Å². The van der Waals surface area contributed by atoms with Crippen molar-refractivity contribution in [2.24, 2.45) is 5.92 Å². The van der Waals surface area contributed by atoms with Crippen molar-refractivity contribution in [1.29, 1.82) is 0 Å². The van der Waals surface area contributed by atoms with Crippen molar-refractivity contribution in [3.05, 3.63) is 57.6 Å². The summed E-state index contributed by atoms with van der Waals surface area (Å²) in [4.78, 5) is 24.3. The van der Waals surface area contributed by atoms with Gasteiger partial charge in [-0.15, -0.1) is 0 Å². The summed E-state index contributed by atoms with van der Waals surface area (Å²) < 4.78 is 10.7. The molecule has 1 N–H and O–H groups in total. The SMILES string of the molecule is Cc1c(Cl)cccc1NC(=O)COC(=O)[C@H]1COc2ccc(Cl)cc2C1. The molecule has 136 valence electrons. The molecule has 1 aliphatic heterocycles. The van der Waals surface area contributed by atoms with Gasteiger partial charge >= 0.3 is 5.97 Å². The van der Waals surface area contributed by atoms with Gasteiger partial charge in [0.2, 0.25) is 0 Å². The molecule has 0 saturated heterocycles. The van der Waals surface area contributed by atoms with Crippen LogP contribution >= 0.6 is 23.2 Å². The Labute approximate surface area is 161 Å². The third kappa shape index (κ3) is 4.29. The summed E-state index contributed by atoms with van der Waals surface area (Å²) in [6.45, 7) is 1.64. The van der Waals surface area contributed by atoms with Crippen LogP contribution in [0.1, 0.15) is 11.1 Å². The standard InChI is InChI=1S/C19H17Cl2NO4/c1-11-15(21)3-2-4-16(11)22-18(23)10-26-19(24)13-7-12-8-14(20)5-6-17(12)25-9-13/h2-6,8,13H,7,9-10H2,1H3,(H,22,23)/t13-/m1/s1. The zero-order valence-corrected chi connectivity index (χ0v) is 15.6. The molecule has 2 aromatic rings. The molecule has 7 heteroatoms. The van der Waals surface area contributed by atoms with Gasteiger partial charge in [0.25, 0.3) is 5.91 Å². The first-order valence-corrected chi connectivity index (χ1v) is 8.82. The number of carbonyl (C=O) groups is 2. The molecule has 26 heavy (non-hydrogen) atoms. The van der Waals surface area contributed by atoms with Crippen molar-refractivity contribution in [3.8, 4) is 5.75 Å². The lowest BCUT2D eigenvalue weighted by Gasteiger charge is -2.24. The lowest BCUT2D eigenvalue weighted by molar-refractivity contribution is -0.152. The van der Waals surface area contributed by atoms with Crippen LogP contribution < -0.4 is 10.1 Å². The lowest BCUT2D eigenvalue weighted by atomic mass is 9.97. The van der Waals surface area contributed by atoms with Crippen molar-refractivity contribution in [3.63, 3.8) is 0 Å². The van der Waals surface area contributed by atoms with Crippen LogP contribution in [0.2, 0.25) is 10.0 Å². The molecule has 2 aromatic carbocycles. The van der Waals surface area contributed by atoms with E-state index < -0.39 is 17.8 Å². The van der Waals surface area contributed by atoms with Crippen LogP contribution in [-0.4, -0.2) is 25.1 Å². The van der Waals surface area contributed by atoms with Crippen molar-refractivity contribution in [2.45, 2.75) is 13.3 Å². The van der Waals surface area contributed by atoms with Crippen LogP contribution in [0.5, 0.6) is 5.75 Å². The molecule has 0 radical (unpaired) electrons. The maximum atomic E-state index is 12.2. The summed E-state index contributed by atoms with van der Waals surface area (Å²) in [5, 5.41) is 3.82. The van der Waals surface area contributed by atoms with E-state index in [9.17, 15) is 9.59 Å². The summed E-state index contributed by atoms with van der Waals surface area (Å²) in [5.41, 5.74) is 2.19. The van der Waals surface area contributed by atoms with Gasteiger partial charge in [-0.2, -0.15) is 0 Å². The van der Waals surface area contributed by atoms with Crippen LogP contribution in [0, 0.1) is 12.8 Å². The molecule has 1 amide bonds. The molecule has 3 rings (SSSR count). The minimum Gasteiger partial charge on any atom is -0.492 e. The third-order valence-corrected chi connectivity index (χ3v) is 4.79. The first-order valence-electron chi connectivity index (χ1n) is 8.07. The fourth-order valence-electron chi connectivity index (χ4n) is 2.70. The lowest BCUT2D eigenvalue weighted by Crippen LogP contribution is -2.32. The molecule has 0 bridgehead atoms. The molecule has 1 heterocycles. The van der Waals surface area contributed by atoms with Crippen molar-refractivity contribution in [2.75, 3.05) is 18.5 Å². The molecule has 0 unspecified atom stereocenters. The second-order valence-corrected chi connectivity index (χ2v) is 6.88. The van der Waals surface area contributed by atoms with Gasteiger partial charge in [-0.25, -0.2) is 0 Å². The first-order chi connectivity index (χ1) is 12.4. The number of amides is 1. The Morgan fingerprint density at radius 3 is 2.88 bits per heavy atom. The Hall–Kier alpha value is -2.24. The number of hydrogen-bond donors (Lipinski definition) is 1. The van der Waals surface area contributed by atoms with E-state index in [2.05, 4.69) is 5.32 Å². The zero-order valence-electron chi connectivity index (χ0n) is 14.1. The van der Waals surface area contributed by atoms with Gasteiger partial charge in [-0.1, -0.05) is 29.3 Å². The van der Waals surface area contributed by atoms with E-state index in [1.807, 2.05) is 0 Å². The topological polar surface area (TPSA) is 64.6 Å². The van der Waals surface area contributed by atoms with Gasteiger partial charge in [0.15, 0.2) is 6.61 Å². The number of nitrogens with one attached hydrogen (secondary N) is 1. The molecular formula is C19H17Cl2NO4. The monoisotopic (exact) mass is 393 g/mol. The van der Waals surface area contributed by atoms with Gasteiger partial charge in [0.05, 0.1) is 5.92 Å². The summed E-state index contributed by atoms with van der Waals surface area (Å²) in [7, 11) is 0. The minimum atomic E-state index is -0.478. The molecule has 0 saturated carbocycles. The number of esters is 1. The fraction of sp³-hybridized carbons (Fsp3) is 0.263. The molecule has 0 spiro atoms. The van der Waals surface area contributed by atoms with Gasteiger partial charge in [-0.05, 0) is 54.8 Å². The largest absolute Gasteiger partial charge is 0.492 e. The number of halogens is 2. The number of rotatable bonds is 4. The van der Waals surface area contributed by atoms with E-state index >= 15 is 0 Å². The highest BCUT2D eigenvalue weighted by atomic mass is 35.5. The Bertz CT molecular complexity index is 853. The van der Waals surface area contributed by atoms with Gasteiger partial charge in [0, 0.05) is 15.7 Å². The molecular weight excluding hydrogens is 377 g/mol. The Kier molecular flexibility index (Phi) is 5.69. The van der Waals surface area contributed by atoms with Gasteiger partial charge in [-0.3, -0.25) is 9.59 Å². The molecule has 5 nitrogen and oxygen atoms in total. The van der Waals surface area contributed by atoms with Crippen LogP contribution in [0.25, 0.3) is 0 Å². The van der Waals surface area contributed by atoms with Gasteiger partial charge < -0.3 is 14.8 Å². The Morgan fingerprint density at radius 1 is 1.27 bits per heavy atom. The van der Waals surface area contributed by atoms with E-state index in [1.165, 1.54) is 0 Å². The van der Waals surface area contributed by atoms with E-state index in [0.717, 1.165) is 11.1 Å². The number of anilines is 1. The Morgan fingerprint density at radius 2 is 2.08 bits per heavy atom. The summed E-state index contributed by atoms with van der Waals surface area (Å²) in [5.74, 6) is -0.660. The fourth-order valence-corrected chi connectivity index (χ4v) is 3.07. The predicted molar refractivity (Wildman–Crippen MR) is 99.9 cm³/mol. The van der Waals surface area contributed by atoms with Crippen molar-refractivity contribution < 1.29 is 19.1 Å². The molecule has 0 aromatic heterocycles. The second kappa shape index (κ2) is 7.98. The van der Waals surface area contributed by atoms with E-state index in [1.54, 1.807) is 43.3 Å². The van der Waals surface area contributed by atoms with E-state index in [0.29, 0.717) is 27.9 Å². The van der Waals surface area contributed by atoms with Crippen LogP contribution in [0.3, 0.4) is 0 Å². The maximum Gasteiger partial charge on any atom is 0.313 e. The number of hydrogen-bond acceptors (Lipinski definition) is 4. The summed E-state index contributed by atoms with van der Waals surface area (Å²) >= 11 is 12.0. The van der Waals surface area contributed by atoms with E-state index in [4.69, 9.17) is 32.7 Å². The second-order valence-electron chi connectivity index (χ2n) is 6.03. The smallest absolute Gasteiger partial charge is 0.313 e. The number of fused-ring (bicyclic) bond motifs is 1. The highest BCUT2D eigenvalue weighted by Gasteiger charge is 2.28. The predicted octanol–water partition coefficient (Wildman–Crippen LogP) is 4.03. The Balaban J connectivity index is 1.54. The highest BCUT2D eigenvalue weighted by Crippen LogP contribution is 2.30. The van der Waals surface area contributed by atoms with Crippen LogP contribution in [0.4, 0.5) is 5.69 Å². The number of ether oxygens (including phenoxy) is 2. The molecule has 0 fully saturated rings. The minimum absolute atomic E-state index is 0.211. The van der Waals surface area contributed by atoms with Crippen LogP contribution in [-0.2, 0) is 20.7 Å². The summed E-state index contributed by atoms with van der Waals surface area (Å²) in [6.07, 6.45) is 0.462. The number of benzene rings is 2. The average molecular weight is 394 g/mol. The maximum absolute atomic E-state index is 12.2.